The van der Waals surface area contributed by atoms with E-state index in [1.807, 2.05) is 26.0 Å². The number of aliphatic hydroxyl groups is 1. The summed E-state index contributed by atoms with van der Waals surface area (Å²) < 4.78 is 5.67. The maximum atomic E-state index is 9.05. The third kappa shape index (κ3) is 4.37. The van der Waals surface area contributed by atoms with Gasteiger partial charge in [0.2, 0.25) is 0 Å². The third-order valence-corrected chi connectivity index (χ3v) is 4.48. The summed E-state index contributed by atoms with van der Waals surface area (Å²) in [5.41, 5.74) is 6.14. The van der Waals surface area contributed by atoms with Gasteiger partial charge in [0, 0.05) is 12.6 Å². The lowest BCUT2D eigenvalue weighted by molar-refractivity contribution is 0.250. The van der Waals surface area contributed by atoms with Crippen LogP contribution in [0.2, 0.25) is 0 Å². The SMILES string of the molecule is CCC(N)C(SCC(C)CO)c1ccc(C)o1. The zero-order chi connectivity index (χ0) is 12.8. The Bertz CT molecular complexity index is 327. The van der Waals surface area contributed by atoms with E-state index in [2.05, 4.69) is 6.92 Å². The summed E-state index contributed by atoms with van der Waals surface area (Å²) >= 11 is 1.77. The largest absolute Gasteiger partial charge is 0.465 e. The molecule has 1 aromatic rings. The lowest BCUT2D eigenvalue weighted by atomic mass is 10.1. The number of hydrogen-bond acceptors (Lipinski definition) is 4. The molecule has 0 aliphatic carbocycles. The smallest absolute Gasteiger partial charge is 0.118 e. The van der Waals surface area contributed by atoms with Crippen molar-refractivity contribution in [3.63, 3.8) is 0 Å². The van der Waals surface area contributed by atoms with Crippen molar-refractivity contribution in [2.45, 2.75) is 38.5 Å². The minimum atomic E-state index is 0.0939. The van der Waals surface area contributed by atoms with Crippen molar-refractivity contribution in [1.29, 1.82) is 0 Å². The first-order chi connectivity index (χ1) is 8.08. The molecule has 98 valence electrons. The number of aryl methyl sites for hydroxylation is 1. The highest BCUT2D eigenvalue weighted by Gasteiger charge is 2.22. The van der Waals surface area contributed by atoms with Crippen LogP contribution in [0.4, 0.5) is 0 Å². The molecule has 0 fully saturated rings. The van der Waals surface area contributed by atoms with Gasteiger partial charge in [-0.3, -0.25) is 0 Å². The number of nitrogens with two attached hydrogens (primary N) is 1. The van der Waals surface area contributed by atoms with Gasteiger partial charge in [0.05, 0.1) is 5.25 Å². The van der Waals surface area contributed by atoms with Gasteiger partial charge in [-0.2, -0.15) is 0 Å². The minimum absolute atomic E-state index is 0.0939. The Morgan fingerprint density at radius 2 is 2.18 bits per heavy atom. The van der Waals surface area contributed by atoms with Crippen LogP contribution in [0, 0.1) is 12.8 Å². The molecule has 0 saturated heterocycles. The van der Waals surface area contributed by atoms with Crippen LogP contribution in [0.25, 0.3) is 0 Å². The normalized spacial score (nSPS) is 16.8. The van der Waals surface area contributed by atoms with Gasteiger partial charge in [0.25, 0.3) is 0 Å². The molecule has 4 heteroatoms. The molecule has 3 nitrogen and oxygen atoms in total. The quantitative estimate of drug-likeness (QED) is 0.788. The Kier molecular flexibility index (Phi) is 6.09. The van der Waals surface area contributed by atoms with Gasteiger partial charge in [-0.1, -0.05) is 13.8 Å². The molecule has 3 N–H and O–H groups in total. The highest BCUT2D eigenvalue weighted by Crippen LogP contribution is 2.34. The molecule has 0 spiro atoms. The topological polar surface area (TPSA) is 59.4 Å². The molecule has 0 aliphatic rings. The zero-order valence-corrected chi connectivity index (χ0v) is 11.7. The molecule has 17 heavy (non-hydrogen) atoms. The van der Waals surface area contributed by atoms with Crippen LogP contribution >= 0.6 is 11.8 Å². The maximum absolute atomic E-state index is 9.05. The number of furan rings is 1. The summed E-state index contributed by atoms with van der Waals surface area (Å²) in [6.45, 7) is 6.29. The molecule has 0 saturated carbocycles. The summed E-state index contributed by atoms with van der Waals surface area (Å²) in [4.78, 5) is 0. The molecule has 1 heterocycles. The highest BCUT2D eigenvalue weighted by atomic mass is 32.2. The highest BCUT2D eigenvalue weighted by molar-refractivity contribution is 7.99. The Hall–Kier alpha value is -0.450. The fraction of sp³-hybridized carbons (Fsp3) is 0.692. The Morgan fingerprint density at radius 1 is 1.47 bits per heavy atom. The third-order valence-electron chi connectivity index (χ3n) is 2.77. The summed E-state index contributed by atoms with van der Waals surface area (Å²) in [5, 5.41) is 9.23. The van der Waals surface area contributed by atoms with Crippen LogP contribution in [-0.2, 0) is 0 Å². The standard InChI is InChI=1S/C13H23NO2S/c1-4-11(14)13(17-8-9(2)7-15)12-6-5-10(3)16-12/h5-6,9,11,13,15H,4,7-8,14H2,1-3H3. The second-order valence-electron chi connectivity index (χ2n) is 4.56. The van der Waals surface area contributed by atoms with E-state index in [9.17, 15) is 0 Å². The molecule has 0 aliphatic heterocycles. The number of hydrogen-bond donors (Lipinski definition) is 2. The predicted molar refractivity (Wildman–Crippen MR) is 73.2 cm³/mol. The van der Waals surface area contributed by atoms with Crippen LogP contribution < -0.4 is 5.73 Å². The fourth-order valence-corrected chi connectivity index (χ4v) is 2.93. The van der Waals surface area contributed by atoms with Crippen LogP contribution in [0.5, 0.6) is 0 Å². The van der Waals surface area contributed by atoms with Gasteiger partial charge in [-0.05, 0) is 37.1 Å². The van der Waals surface area contributed by atoms with E-state index in [0.29, 0.717) is 5.92 Å². The number of aliphatic hydroxyl groups excluding tert-OH is 1. The van der Waals surface area contributed by atoms with E-state index in [0.717, 1.165) is 23.7 Å². The summed E-state index contributed by atoms with van der Waals surface area (Å²) in [6, 6.07) is 4.07. The first kappa shape index (κ1) is 14.6. The Morgan fingerprint density at radius 3 is 2.65 bits per heavy atom. The van der Waals surface area contributed by atoms with E-state index < -0.39 is 0 Å². The van der Waals surface area contributed by atoms with Crippen molar-refractivity contribution in [3.05, 3.63) is 23.7 Å². The van der Waals surface area contributed by atoms with Crippen LogP contribution in [0.15, 0.2) is 16.5 Å². The van der Waals surface area contributed by atoms with E-state index in [1.54, 1.807) is 11.8 Å². The predicted octanol–water partition coefficient (Wildman–Crippen LogP) is 2.73. The second kappa shape index (κ2) is 7.09. The average Bonchev–Trinajstić information content (AvgIpc) is 2.75. The van der Waals surface area contributed by atoms with Crippen molar-refractivity contribution < 1.29 is 9.52 Å². The lowest BCUT2D eigenvalue weighted by Crippen LogP contribution is -2.26. The minimum Gasteiger partial charge on any atom is -0.465 e. The molecular weight excluding hydrogens is 234 g/mol. The van der Waals surface area contributed by atoms with Gasteiger partial charge >= 0.3 is 0 Å². The van der Waals surface area contributed by atoms with Crippen LogP contribution in [0.1, 0.15) is 37.0 Å². The monoisotopic (exact) mass is 257 g/mol. The first-order valence-corrected chi connectivity index (χ1v) is 7.17. The van der Waals surface area contributed by atoms with E-state index in [4.69, 9.17) is 15.3 Å². The molecule has 3 atom stereocenters. The number of thioether (sulfide) groups is 1. The van der Waals surface area contributed by atoms with Gasteiger partial charge in [-0.25, -0.2) is 0 Å². The van der Waals surface area contributed by atoms with Gasteiger partial charge < -0.3 is 15.3 Å². The number of rotatable bonds is 7. The van der Waals surface area contributed by atoms with E-state index >= 15 is 0 Å². The Labute approximate surface area is 108 Å². The molecule has 0 amide bonds. The molecule has 0 aromatic carbocycles. The van der Waals surface area contributed by atoms with Crippen molar-refractivity contribution in [1.82, 2.24) is 0 Å². The van der Waals surface area contributed by atoms with Crippen molar-refractivity contribution in [2.75, 3.05) is 12.4 Å². The van der Waals surface area contributed by atoms with Crippen molar-refractivity contribution in [2.24, 2.45) is 11.7 Å². The lowest BCUT2D eigenvalue weighted by Gasteiger charge is -2.21. The summed E-state index contributed by atoms with van der Waals surface area (Å²) in [7, 11) is 0. The molecular formula is C13H23NO2S. The van der Waals surface area contributed by atoms with E-state index in [-0.39, 0.29) is 17.9 Å². The maximum Gasteiger partial charge on any atom is 0.118 e. The molecule has 1 rings (SSSR count). The van der Waals surface area contributed by atoms with E-state index in [1.165, 1.54) is 0 Å². The van der Waals surface area contributed by atoms with Gasteiger partial charge in [0.15, 0.2) is 0 Å². The zero-order valence-electron chi connectivity index (χ0n) is 10.8. The Balaban J connectivity index is 2.67. The average molecular weight is 257 g/mol. The fourth-order valence-electron chi connectivity index (χ4n) is 1.56. The summed E-state index contributed by atoms with van der Waals surface area (Å²) in [5.74, 6) is 3.06. The van der Waals surface area contributed by atoms with Crippen molar-refractivity contribution >= 4 is 11.8 Å². The first-order valence-electron chi connectivity index (χ1n) is 6.12. The van der Waals surface area contributed by atoms with Crippen LogP contribution in [-0.4, -0.2) is 23.5 Å². The van der Waals surface area contributed by atoms with Crippen LogP contribution in [0.3, 0.4) is 0 Å². The molecule has 0 radical (unpaired) electrons. The van der Waals surface area contributed by atoms with Gasteiger partial charge in [-0.15, -0.1) is 11.8 Å². The second-order valence-corrected chi connectivity index (χ2v) is 5.74. The van der Waals surface area contributed by atoms with Gasteiger partial charge in [0.1, 0.15) is 11.5 Å². The molecule has 1 aromatic heterocycles. The van der Waals surface area contributed by atoms with Crippen molar-refractivity contribution in [3.8, 4) is 0 Å². The molecule has 3 unspecified atom stereocenters. The molecule has 0 bridgehead atoms. The summed E-state index contributed by atoms with van der Waals surface area (Å²) in [6.07, 6.45) is 0.922.